The Morgan fingerprint density at radius 1 is 1.04 bits per heavy atom. The number of ether oxygens (including phenoxy) is 2. The van der Waals surface area contributed by atoms with Crippen molar-refractivity contribution in [2.75, 3.05) is 19.5 Å². The summed E-state index contributed by atoms with van der Waals surface area (Å²) in [5, 5.41) is 0.843. The van der Waals surface area contributed by atoms with Crippen LogP contribution in [0.2, 0.25) is 0 Å². The first-order valence-corrected chi connectivity index (χ1v) is 8.74. The van der Waals surface area contributed by atoms with Crippen LogP contribution in [0, 0.1) is 23.7 Å². The van der Waals surface area contributed by atoms with Gasteiger partial charge in [-0.15, -0.1) is 0 Å². The van der Waals surface area contributed by atoms with Crippen LogP contribution in [0.15, 0.2) is 42.5 Å². The van der Waals surface area contributed by atoms with Gasteiger partial charge in [0.2, 0.25) is 0 Å². The smallest absolute Gasteiger partial charge is 0.341 e. The Balaban J connectivity index is 2.37. The molecule has 25 heavy (non-hydrogen) atoms. The van der Waals surface area contributed by atoms with E-state index in [2.05, 4.69) is 39.6 Å². The van der Waals surface area contributed by atoms with Gasteiger partial charge in [-0.3, -0.25) is 0 Å². The molecular weight excluding hydrogens is 380 g/mol. The quantitative estimate of drug-likeness (QED) is 0.446. The zero-order chi connectivity index (χ0) is 18.1. The van der Waals surface area contributed by atoms with Gasteiger partial charge < -0.3 is 9.47 Å². The van der Waals surface area contributed by atoms with Crippen LogP contribution in [0.25, 0.3) is 0 Å². The van der Waals surface area contributed by atoms with E-state index in [0.29, 0.717) is 16.9 Å². The lowest BCUT2D eigenvalue weighted by atomic mass is 10.1. The molecule has 0 radical (unpaired) electrons. The number of rotatable bonds is 3. The zero-order valence-electron chi connectivity index (χ0n) is 14.1. The Labute approximate surface area is 156 Å². The van der Waals surface area contributed by atoms with Crippen LogP contribution in [-0.2, 0) is 4.74 Å². The van der Waals surface area contributed by atoms with Gasteiger partial charge in [-0.2, -0.15) is 0 Å². The molecule has 0 aliphatic carbocycles. The highest BCUT2D eigenvalue weighted by atomic mass is 79.9. The van der Waals surface area contributed by atoms with Gasteiger partial charge >= 0.3 is 5.97 Å². The monoisotopic (exact) mass is 396 g/mol. The summed E-state index contributed by atoms with van der Waals surface area (Å²) in [4.78, 5) is 11.8. The molecule has 0 fully saturated rings. The molecule has 0 unspecified atom stereocenters. The molecule has 3 nitrogen and oxygen atoms in total. The third-order valence-corrected chi connectivity index (χ3v) is 3.71. The highest BCUT2D eigenvalue weighted by molar-refractivity contribution is 9.09. The largest absolute Gasteiger partial charge is 0.496 e. The van der Waals surface area contributed by atoms with Crippen molar-refractivity contribution in [3.63, 3.8) is 0 Å². The average Bonchev–Trinajstić information content (AvgIpc) is 2.66. The summed E-state index contributed by atoms with van der Waals surface area (Å²) in [5.74, 6) is 12.4. The fourth-order valence-corrected chi connectivity index (χ4v) is 2.30. The lowest BCUT2D eigenvalue weighted by Crippen LogP contribution is -2.04. The number of hydrogen-bond donors (Lipinski definition) is 0. The average molecular weight is 397 g/mol. The van der Waals surface area contributed by atoms with Crippen molar-refractivity contribution in [2.45, 2.75) is 6.42 Å². The molecule has 2 aromatic rings. The van der Waals surface area contributed by atoms with E-state index in [1.807, 2.05) is 24.3 Å². The number of alkyl halides is 1. The maximum absolute atomic E-state index is 11.8. The van der Waals surface area contributed by atoms with Gasteiger partial charge in [0.1, 0.15) is 11.3 Å². The van der Waals surface area contributed by atoms with E-state index in [-0.39, 0.29) is 0 Å². The first kappa shape index (κ1) is 18.6. The predicted molar refractivity (Wildman–Crippen MR) is 102 cm³/mol. The number of carbonyl (C=O) groups is 1. The summed E-state index contributed by atoms with van der Waals surface area (Å²) < 4.78 is 9.97. The fraction of sp³-hybridized carbons (Fsp3) is 0.190. The number of methoxy groups -OCH3 is 2. The van der Waals surface area contributed by atoms with Crippen LogP contribution >= 0.6 is 15.9 Å². The van der Waals surface area contributed by atoms with Gasteiger partial charge in [0.25, 0.3) is 0 Å². The summed E-state index contributed by atoms with van der Waals surface area (Å²) in [6.07, 6.45) is 0.780. The maximum Gasteiger partial charge on any atom is 0.341 e. The van der Waals surface area contributed by atoms with E-state index in [1.54, 1.807) is 18.2 Å². The van der Waals surface area contributed by atoms with Crippen molar-refractivity contribution < 1.29 is 14.3 Å². The SMILES string of the molecule is COC(=O)c1cc(C#Cc2ccccc2C#CCCBr)ccc1OC. The van der Waals surface area contributed by atoms with Crippen LogP contribution in [0.1, 0.15) is 33.5 Å². The third-order valence-electron chi connectivity index (χ3n) is 3.32. The van der Waals surface area contributed by atoms with Crippen molar-refractivity contribution in [3.05, 3.63) is 64.7 Å². The molecule has 0 spiro atoms. The van der Waals surface area contributed by atoms with Crippen LogP contribution < -0.4 is 4.74 Å². The second-order valence-corrected chi connectivity index (χ2v) is 5.74. The molecule has 0 bridgehead atoms. The van der Waals surface area contributed by atoms with Gasteiger partial charge in [0, 0.05) is 28.4 Å². The van der Waals surface area contributed by atoms with E-state index in [0.717, 1.165) is 22.9 Å². The van der Waals surface area contributed by atoms with Crippen molar-refractivity contribution in [1.82, 2.24) is 0 Å². The van der Waals surface area contributed by atoms with Crippen molar-refractivity contribution >= 4 is 21.9 Å². The van der Waals surface area contributed by atoms with E-state index in [9.17, 15) is 4.79 Å². The first-order chi connectivity index (χ1) is 12.2. The molecule has 0 saturated carbocycles. The number of carbonyl (C=O) groups excluding carboxylic acids is 1. The van der Waals surface area contributed by atoms with Crippen LogP contribution in [0.4, 0.5) is 0 Å². The van der Waals surface area contributed by atoms with Gasteiger partial charge in [-0.05, 0) is 30.3 Å². The molecule has 4 heteroatoms. The molecule has 0 aromatic heterocycles. The lowest BCUT2D eigenvalue weighted by Gasteiger charge is -2.06. The number of hydrogen-bond acceptors (Lipinski definition) is 3. The molecule has 0 atom stereocenters. The Kier molecular flexibility index (Phi) is 7.14. The van der Waals surface area contributed by atoms with Crippen molar-refractivity contribution in [1.29, 1.82) is 0 Å². The standard InChI is InChI=1S/C21H17BrO3/c1-24-20-13-11-16(15-19(20)21(23)25-2)10-12-18-8-4-3-7-17(18)9-5-6-14-22/h3-4,7-8,11,13,15H,6,14H2,1-2H3. The minimum atomic E-state index is -0.457. The molecule has 0 heterocycles. The number of benzene rings is 2. The van der Waals surface area contributed by atoms with Crippen molar-refractivity contribution in [2.24, 2.45) is 0 Å². The molecule has 0 saturated heterocycles. The Bertz CT molecular complexity index is 879. The summed E-state index contributed by atoms with van der Waals surface area (Å²) in [6.45, 7) is 0. The van der Waals surface area contributed by atoms with E-state index < -0.39 is 5.97 Å². The number of halogens is 1. The molecule has 2 aromatic carbocycles. The predicted octanol–water partition coefficient (Wildman–Crippen LogP) is 4.02. The number of esters is 1. The lowest BCUT2D eigenvalue weighted by molar-refractivity contribution is 0.0597. The van der Waals surface area contributed by atoms with Gasteiger partial charge in [0.15, 0.2) is 0 Å². The maximum atomic E-state index is 11.8. The summed E-state index contributed by atoms with van der Waals surface area (Å²) >= 11 is 3.36. The summed E-state index contributed by atoms with van der Waals surface area (Å²) in [6, 6.07) is 12.9. The second-order valence-electron chi connectivity index (χ2n) is 4.94. The first-order valence-electron chi connectivity index (χ1n) is 7.62. The van der Waals surface area contributed by atoms with Gasteiger partial charge in [-0.1, -0.05) is 51.7 Å². The Morgan fingerprint density at radius 2 is 1.76 bits per heavy atom. The molecular formula is C21H17BrO3. The van der Waals surface area contributed by atoms with E-state index >= 15 is 0 Å². The van der Waals surface area contributed by atoms with Crippen LogP contribution in [0.3, 0.4) is 0 Å². The second kappa shape index (κ2) is 9.57. The molecule has 126 valence electrons. The van der Waals surface area contributed by atoms with Crippen LogP contribution in [-0.4, -0.2) is 25.5 Å². The summed E-state index contributed by atoms with van der Waals surface area (Å²) in [5.41, 5.74) is 2.78. The van der Waals surface area contributed by atoms with E-state index in [1.165, 1.54) is 14.2 Å². The third kappa shape index (κ3) is 5.14. The molecule has 0 amide bonds. The highest BCUT2D eigenvalue weighted by Gasteiger charge is 2.12. The van der Waals surface area contributed by atoms with E-state index in [4.69, 9.17) is 9.47 Å². The zero-order valence-corrected chi connectivity index (χ0v) is 15.6. The molecule has 0 aliphatic heterocycles. The molecule has 2 rings (SSSR count). The van der Waals surface area contributed by atoms with Gasteiger partial charge in [0.05, 0.1) is 14.2 Å². The minimum Gasteiger partial charge on any atom is -0.496 e. The molecule has 0 N–H and O–H groups in total. The highest BCUT2D eigenvalue weighted by Crippen LogP contribution is 2.20. The Hall–Kier alpha value is -2.69. The minimum absolute atomic E-state index is 0.349. The van der Waals surface area contributed by atoms with Crippen molar-refractivity contribution in [3.8, 4) is 29.4 Å². The van der Waals surface area contributed by atoms with Gasteiger partial charge in [-0.25, -0.2) is 4.79 Å². The molecule has 0 aliphatic rings. The Morgan fingerprint density at radius 3 is 2.40 bits per heavy atom. The normalized spacial score (nSPS) is 9.24. The fourth-order valence-electron chi connectivity index (χ4n) is 2.10. The topological polar surface area (TPSA) is 35.5 Å². The van der Waals surface area contributed by atoms with Crippen LogP contribution in [0.5, 0.6) is 5.75 Å². The summed E-state index contributed by atoms with van der Waals surface area (Å²) in [7, 11) is 2.84.